The molecule has 1 nitrogen and oxygen atoms in total. The van der Waals surface area contributed by atoms with Crippen molar-refractivity contribution in [2.45, 2.75) is 52.9 Å². The van der Waals surface area contributed by atoms with E-state index >= 15 is 0 Å². The number of benzene rings is 3. The van der Waals surface area contributed by atoms with Gasteiger partial charge in [-0.25, -0.2) is 0 Å². The summed E-state index contributed by atoms with van der Waals surface area (Å²) in [5.41, 5.74) is 4.69. The van der Waals surface area contributed by atoms with Crippen molar-refractivity contribution in [2.24, 2.45) is 11.3 Å². The summed E-state index contributed by atoms with van der Waals surface area (Å²) in [4.78, 5) is 2.58. The van der Waals surface area contributed by atoms with Crippen LogP contribution in [-0.2, 0) is 6.42 Å². The van der Waals surface area contributed by atoms with Crippen LogP contribution in [0.4, 0.5) is 5.69 Å². The van der Waals surface area contributed by atoms with Crippen LogP contribution in [0.5, 0.6) is 0 Å². The fraction of sp³-hybridized carbons (Fsp3) is 0.429. The fourth-order valence-corrected chi connectivity index (χ4v) is 5.00. The van der Waals surface area contributed by atoms with Gasteiger partial charge in [0.25, 0.3) is 0 Å². The molecule has 0 aromatic heterocycles. The molecule has 1 aliphatic rings. The van der Waals surface area contributed by atoms with Crippen molar-refractivity contribution in [3.05, 3.63) is 77.9 Å². The molecule has 29 heavy (non-hydrogen) atoms. The van der Waals surface area contributed by atoms with Gasteiger partial charge in [0.05, 0.1) is 0 Å². The molecule has 0 unspecified atom stereocenters. The third-order valence-electron chi connectivity index (χ3n) is 6.36. The van der Waals surface area contributed by atoms with Gasteiger partial charge in [-0.1, -0.05) is 82.3 Å². The molecule has 152 valence electrons. The smallest absolute Gasteiger partial charge is 0.0366 e. The zero-order valence-corrected chi connectivity index (χ0v) is 18.5. The normalized spacial score (nSPS) is 18.3. The number of anilines is 1. The monoisotopic (exact) mass is 385 g/mol. The van der Waals surface area contributed by atoms with Crippen molar-refractivity contribution in [1.29, 1.82) is 0 Å². The number of rotatable bonds is 5. The second kappa shape index (κ2) is 8.22. The molecule has 0 spiro atoms. The molecule has 3 aromatic carbocycles. The Balaban J connectivity index is 1.40. The van der Waals surface area contributed by atoms with Crippen molar-refractivity contribution in [3.63, 3.8) is 0 Å². The lowest BCUT2D eigenvalue weighted by Crippen LogP contribution is -2.20. The van der Waals surface area contributed by atoms with E-state index in [0.29, 0.717) is 11.3 Å². The van der Waals surface area contributed by atoms with Crippen LogP contribution >= 0.6 is 0 Å². The first-order chi connectivity index (χ1) is 13.9. The summed E-state index contributed by atoms with van der Waals surface area (Å²) in [7, 11) is 0. The van der Waals surface area contributed by atoms with Crippen LogP contribution in [0.15, 0.2) is 66.7 Å². The summed E-state index contributed by atoms with van der Waals surface area (Å²) in [6.07, 6.45) is 3.71. The Morgan fingerprint density at radius 2 is 1.66 bits per heavy atom. The van der Waals surface area contributed by atoms with Crippen LogP contribution in [-0.4, -0.2) is 13.1 Å². The summed E-state index contributed by atoms with van der Waals surface area (Å²) in [6.45, 7) is 11.7. The van der Waals surface area contributed by atoms with Gasteiger partial charge in [-0.2, -0.15) is 0 Å². The first-order valence-electron chi connectivity index (χ1n) is 11.2. The molecule has 3 aromatic rings. The molecule has 1 heterocycles. The maximum Gasteiger partial charge on any atom is 0.0366 e. The molecule has 1 heteroatoms. The largest absolute Gasteiger partial charge is 0.371 e. The van der Waals surface area contributed by atoms with Gasteiger partial charge < -0.3 is 4.90 Å². The van der Waals surface area contributed by atoms with E-state index in [0.717, 1.165) is 12.3 Å². The Labute approximate surface area is 176 Å². The minimum absolute atomic E-state index is 0.345. The van der Waals surface area contributed by atoms with Gasteiger partial charge in [0.2, 0.25) is 0 Å². The quantitative estimate of drug-likeness (QED) is 0.441. The minimum Gasteiger partial charge on any atom is -0.371 e. The lowest BCUT2D eigenvalue weighted by molar-refractivity contribution is 0.411. The second-order valence-corrected chi connectivity index (χ2v) is 10.2. The summed E-state index contributed by atoms with van der Waals surface area (Å²) >= 11 is 0. The highest BCUT2D eigenvalue weighted by Crippen LogP contribution is 2.34. The first-order valence-corrected chi connectivity index (χ1v) is 11.2. The van der Waals surface area contributed by atoms with Crippen molar-refractivity contribution >= 4 is 16.5 Å². The van der Waals surface area contributed by atoms with Crippen LogP contribution < -0.4 is 4.90 Å². The topological polar surface area (TPSA) is 3.24 Å². The molecule has 1 aliphatic heterocycles. The lowest BCUT2D eigenvalue weighted by atomic mass is 9.87. The molecular formula is C28H35N. The van der Waals surface area contributed by atoms with Gasteiger partial charge in [-0.15, -0.1) is 0 Å². The fourth-order valence-electron chi connectivity index (χ4n) is 5.00. The molecule has 1 fully saturated rings. The Morgan fingerprint density at radius 1 is 0.931 bits per heavy atom. The average Bonchev–Trinajstić information content (AvgIpc) is 3.15. The SMILES string of the molecule is C[C@@H](C[C@H]1CCN(c2ccc(CC(C)(C)C)cc2)C1)c1cccc2ccccc12. The first kappa shape index (κ1) is 20.0. The minimum atomic E-state index is 0.345. The van der Waals surface area contributed by atoms with Crippen molar-refractivity contribution in [1.82, 2.24) is 0 Å². The van der Waals surface area contributed by atoms with E-state index in [9.17, 15) is 0 Å². The van der Waals surface area contributed by atoms with Crippen LogP contribution in [0.2, 0.25) is 0 Å². The van der Waals surface area contributed by atoms with Gasteiger partial charge in [-0.05, 0) is 70.5 Å². The zero-order valence-electron chi connectivity index (χ0n) is 18.5. The average molecular weight is 386 g/mol. The summed E-state index contributed by atoms with van der Waals surface area (Å²) < 4.78 is 0. The molecule has 0 bridgehead atoms. The summed E-state index contributed by atoms with van der Waals surface area (Å²) in [5, 5.41) is 2.78. The summed E-state index contributed by atoms with van der Waals surface area (Å²) in [5.74, 6) is 1.37. The summed E-state index contributed by atoms with van der Waals surface area (Å²) in [6, 6.07) is 24.9. The van der Waals surface area contributed by atoms with Crippen molar-refractivity contribution < 1.29 is 0 Å². The molecule has 0 N–H and O–H groups in total. The number of hydrogen-bond donors (Lipinski definition) is 0. The van der Waals surface area contributed by atoms with Crippen molar-refractivity contribution in [3.8, 4) is 0 Å². The van der Waals surface area contributed by atoms with Crippen LogP contribution in [0, 0.1) is 11.3 Å². The molecular weight excluding hydrogens is 350 g/mol. The number of nitrogens with zero attached hydrogens (tertiary/aromatic N) is 1. The highest BCUT2D eigenvalue weighted by atomic mass is 15.1. The van der Waals surface area contributed by atoms with E-state index in [1.165, 1.54) is 53.5 Å². The van der Waals surface area contributed by atoms with Gasteiger partial charge in [0.1, 0.15) is 0 Å². The lowest BCUT2D eigenvalue weighted by Gasteiger charge is -2.22. The second-order valence-electron chi connectivity index (χ2n) is 10.2. The number of hydrogen-bond acceptors (Lipinski definition) is 1. The number of fused-ring (bicyclic) bond motifs is 1. The molecule has 0 aliphatic carbocycles. The zero-order chi connectivity index (χ0) is 20.4. The Kier molecular flexibility index (Phi) is 5.67. The predicted octanol–water partition coefficient (Wildman–Crippen LogP) is 7.45. The van der Waals surface area contributed by atoms with Crippen LogP contribution in [0.3, 0.4) is 0 Å². The molecule has 0 amide bonds. The standard InChI is InChI=1S/C28H35N/c1-21(26-11-7-9-24-8-5-6-10-27(24)26)18-23-16-17-29(20-23)25-14-12-22(13-15-25)19-28(2,3)4/h5-15,21,23H,16-20H2,1-4H3/t21-,23+/m0/s1. The highest BCUT2D eigenvalue weighted by Gasteiger charge is 2.25. The van der Waals surface area contributed by atoms with E-state index in [4.69, 9.17) is 0 Å². The van der Waals surface area contributed by atoms with Gasteiger partial charge in [0, 0.05) is 18.8 Å². The van der Waals surface area contributed by atoms with E-state index in [1.54, 1.807) is 0 Å². The maximum atomic E-state index is 2.58. The molecule has 4 rings (SSSR count). The van der Waals surface area contributed by atoms with Gasteiger partial charge in [-0.3, -0.25) is 0 Å². The third-order valence-corrected chi connectivity index (χ3v) is 6.36. The van der Waals surface area contributed by atoms with Gasteiger partial charge in [0.15, 0.2) is 0 Å². The Bertz CT molecular complexity index is 943. The third kappa shape index (κ3) is 4.83. The van der Waals surface area contributed by atoms with E-state index in [-0.39, 0.29) is 0 Å². The van der Waals surface area contributed by atoms with Crippen LogP contribution in [0.1, 0.15) is 57.6 Å². The highest BCUT2D eigenvalue weighted by molar-refractivity contribution is 5.86. The molecule has 0 saturated carbocycles. The van der Waals surface area contributed by atoms with Gasteiger partial charge >= 0.3 is 0 Å². The van der Waals surface area contributed by atoms with Crippen molar-refractivity contribution in [2.75, 3.05) is 18.0 Å². The van der Waals surface area contributed by atoms with E-state index < -0.39 is 0 Å². The van der Waals surface area contributed by atoms with E-state index in [2.05, 4.69) is 99.3 Å². The van der Waals surface area contributed by atoms with Crippen LogP contribution in [0.25, 0.3) is 10.8 Å². The van der Waals surface area contributed by atoms with E-state index in [1.807, 2.05) is 0 Å². The molecule has 2 atom stereocenters. The molecule has 1 saturated heterocycles. The Morgan fingerprint density at radius 3 is 2.41 bits per heavy atom. The molecule has 0 radical (unpaired) electrons. The maximum absolute atomic E-state index is 2.58. The Hall–Kier alpha value is -2.28. The predicted molar refractivity (Wildman–Crippen MR) is 127 cm³/mol.